The van der Waals surface area contributed by atoms with Gasteiger partial charge in [-0.15, -0.1) is 0 Å². The Kier molecular flexibility index (Phi) is 4.73. The normalized spacial score (nSPS) is 22.6. The van der Waals surface area contributed by atoms with Gasteiger partial charge in [0.05, 0.1) is 5.75 Å². The van der Waals surface area contributed by atoms with E-state index in [1.807, 2.05) is 6.92 Å². The van der Waals surface area contributed by atoms with Crippen molar-refractivity contribution in [3.63, 3.8) is 0 Å². The Morgan fingerprint density at radius 2 is 1.69 bits per heavy atom. The molecule has 0 N–H and O–H groups in total. The Morgan fingerprint density at radius 1 is 1.19 bits per heavy atom. The van der Waals surface area contributed by atoms with Gasteiger partial charge in [-0.3, -0.25) is 4.90 Å². The van der Waals surface area contributed by atoms with Crippen LogP contribution in [0.25, 0.3) is 0 Å². The minimum absolute atomic E-state index is 0.0982. The summed E-state index contributed by atoms with van der Waals surface area (Å²) >= 11 is 0. The van der Waals surface area contributed by atoms with Crippen molar-refractivity contribution in [2.45, 2.75) is 13.0 Å². The first kappa shape index (κ1) is 13.9. The Labute approximate surface area is 99.1 Å². The first-order valence-corrected chi connectivity index (χ1v) is 7.26. The van der Waals surface area contributed by atoms with Gasteiger partial charge >= 0.3 is 0 Å². The van der Waals surface area contributed by atoms with Crippen molar-refractivity contribution < 1.29 is 8.42 Å². The zero-order valence-electron chi connectivity index (χ0n) is 10.7. The van der Waals surface area contributed by atoms with Gasteiger partial charge in [-0.1, -0.05) is 0 Å². The Bertz CT molecular complexity index is 308. The molecule has 0 aliphatic carbocycles. The number of hydrogen-bond acceptors (Lipinski definition) is 4. The fraction of sp³-hybridized carbons (Fsp3) is 1.00. The molecule has 0 saturated carbocycles. The molecule has 1 rings (SSSR count). The second-order valence-corrected chi connectivity index (χ2v) is 6.98. The van der Waals surface area contributed by atoms with Gasteiger partial charge in [0.15, 0.2) is 0 Å². The zero-order chi connectivity index (χ0) is 12.3. The highest BCUT2D eigenvalue weighted by Gasteiger charge is 2.24. The highest BCUT2D eigenvalue weighted by molar-refractivity contribution is 7.89. The molecule has 0 radical (unpaired) electrons. The molecule has 6 heteroatoms. The Morgan fingerprint density at radius 3 is 2.12 bits per heavy atom. The Balaban J connectivity index is 2.50. The van der Waals surface area contributed by atoms with Gasteiger partial charge in [0, 0.05) is 46.3 Å². The van der Waals surface area contributed by atoms with E-state index >= 15 is 0 Å². The molecule has 1 unspecified atom stereocenters. The van der Waals surface area contributed by atoms with Gasteiger partial charge in [-0.05, 0) is 14.0 Å². The van der Waals surface area contributed by atoms with E-state index in [4.69, 9.17) is 0 Å². The average molecular weight is 249 g/mol. The molecule has 96 valence electrons. The van der Waals surface area contributed by atoms with Crippen LogP contribution in [-0.4, -0.2) is 81.6 Å². The lowest BCUT2D eigenvalue weighted by atomic mass is 10.2. The second kappa shape index (κ2) is 5.44. The van der Waals surface area contributed by atoms with E-state index in [1.165, 1.54) is 4.31 Å². The molecular formula is C10H23N3O2S. The first-order chi connectivity index (χ1) is 7.33. The summed E-state index contributed by atoms with van der Waals surface area (Å²) in [4.78, 5) is 4.52. The monoisotopic (exact) mass is 249 g/mol. The number of sulfonamides is 1. The van der Waals surface area contributed by atoms with Crippen LogP contribution in [0.15, 0.2) is 0 Å². The van der Waals surface area contributed by atoms with Gasteiger partial charge in [-0.25, -0.2) is 12.7 Å². The predicted octanol–water partition coefficient (Wildman–Crippen LogP) is -0.486. The van der Waals surface area contributed by atoms with Crippen molar-refractivity contribution in [1.82, 2.24) is 14.1 Å². The van der Waals surface area contributed by atoms with Gasteiger partial charge in [0.25, 0.3) is 0 Å². The van der Waals surface area contributed by atoms with Crippen molar-refractivity contribution in [3.8, 4) is 0 Å². The first-order valence-electron chi connectivity index (χ1n) is 5.65. The van der Waals surface area contributed by atoms with Crippen molar-refractivity contribution >= 4 is 10.0 Å². The van der Waals surface area contributed by atoms with Crippen molar-refractivity contribution in [3.05, 3.63) is 0 Å². The molecule has 1 heterocycles. The van der Waals surface area contributed by atoms with Gasteiger partial charge in [0.1, 0.15) is 0 Å². The standard InChI is InChI=1S/C10H23N3O2S/c1-10(9-16(14,15)11(2)3)13-7-5-12(4)6-8-13/h10H,5-9H2,1-4H3. The summed E-state index contributed by atoms with van der Waals surface area (Å²) in [5, 5.41) is 0. The zero-order valence-corrected chi connectivity index (χ0v) is 11.5. The quantitative estimate of drug-likeness (QED) is 0.675. The van der Waals surface area contributed by atoms with Crippen LogP contribution in [0.2, 0.25) is 0 Å². The third kappa shape index (κ3) is 3.69. The largest absolute Gasteiger partial charge is 0.304 e. The third-order valence-electron chi connectivity index (χ3n) is 3.17. The molecule has 0 spiro atoms. The minimum Gasteiger partial charge on any atom is -0.304 e. The van der Waals surface area contributed by atoms with E-state index in [1.54, 1.807) is 14.1 Å². The van der Waals surface area contributed by atoms with Crippen LogP contribution in [0.5, 0.6) is 0 Å². The van der Waals surface area contributed by atoms with E-state index in [-0.39, 0.29) is 11.8 Å². The fourth-order valence-electron chi connectivity index (χ4n) is 1.82. The van der Waals surface area contributed by atoms with Crippen LogP contribution < -0.4 is 0 Å². The highest BCUT2D eigenvalue weighted by Crippen LogP contribution is 2.08. The molecule has 0 aromatic rings. The maximum atomic E-state index is 11.7. The smallest absolute Gasteiger partial charge is 0.215 e. The van der Waals surface area contributed by atoms with Crippen LogP contribution in [0.4, 0.5) is 0 Å². The molecule has 5 nitrogen and oxygen atoms in total. The lowest BCUT2D eigenvalue weighted by Gasteiger charge is -2.36. The lowest BCUT2D eigenvalue weighted by molar-refractivity contribution is 0.127. The molecule has 0 amide bonds. The van der Waals surface area contributed by atoms with E-state index in [2.05, 4.69) is 16.8 Å². The number of nitrogens with zero attached hydrogens (tertiary/aromatic N) is 3. The second-order valence-electron chi connectivity index (χ2n) is 4.75. The van der Waals surface area contributed by atoms with E-state index in [0.29, 0.717) is 0 Å². The third-order valence-corrected chi connectivity index (χ3v) is 5.19. The number of piperazine rings is 1. The van der Waals surface area contributed by atoms with E-state index < -0.39 is 10.0 Å². The van der Waals surface area contributed by atoms with Gasteiger partial charge in [0.2, 0.25) is 10.0 Å². The maximum Gasteiger partial charge on any atom is 0.215 e. The topological polar surface area (TPSA) is 43.9 Å². The Hall–Kier alpha value is -0.170. The molecule has 1 saturated heterocycles. The van der Waals surface area contributed by atoms with E-state index in [0.717, 1.165) is 26.2 Å². The van der Waals surface area contributed by atoms with E-state index in [9.17, 15) is 8.42 Å². The lowest BCUT2D eigenvalue weighted by Crippen LogP contribution is -2.50. The molecule has 1 atom stereocenters. The number of likely N-dealkylation sites (N-methyl/N-ethyl adjacent to an activating group) is 1. The number of rotatable bonds is 4. The SMILES string of the molecule is CC(CS(=O)(=O)N(C)C)N1CCN(C)CC1. The molecule has 0 aromatic heterocycles. The summed E-state index contributed by atoms with van der Waals surface area (Å²) in [5.74, 6) is 0.212. The number of hydrogen-bond donors (Lipinski definition) is 0. The van der Waals surface area contributed by atoms with Crippen molar-refractivity contribution in [1.29, 1.82) is 0 Å². The maximum absolute atomic E-state index is 11.7. The molecule has 0 aromatic carbocycles. The summed E-state index contributed by atoms with van der Waals surface area (Å²) in [7, 11) is 2.19. The summed E-state index contributed by atoms with van der Waals surface area (Å²) in [5.41, 5.74) is 0. The molecular weight excluding hydrogens is 226 g/mol. The summed E-state index contributed by atoms with van der Waals surface area (Å²) in [6.07, 6.45) is 0. The molecule has 1 aliphatic heterocycles. The van der Waals surface area contributed by atoms with Crippen molar-refractivity contribution in [2.75, 3.05) is 53.1 Å². The highest BCUT2D eigenvalue weighted by atomic mass is 32.2. The van der Waals surface area contributed by atoms with Crippen LogP contribution >= 0.6 is 0 Å². The van der Waals surface area contributed by atoms with Crippen LogP contribution in [0, 0.1) is 0 Å². The van der Waals surface area contributed by atoms with Gasteiger partial charge < -0.3 is 4.90 Å². The van der Waals surface area contributed by atoms with Crippen LogP contribution in [-0.2, 0) is 10.0 Å². The molecule has 1 fully saturated rings. The van der Waals surface area contributed by atoms with Crippen LogP contribution in [0.3, 0.4) is 0 Å². The molecule has 0 bridgehead atoms. The van der Waals surface area contributed by atoms with Crippen LogP contribution in [0.1, 0.15) is 6.92 Å². The molecule has 1 aliphatic rings. The summed E-state index contributed by atoms with van der Waals surface area (Å²) < 4.78 is 24.8. The molecule has 16 heavy (non-hydrogen) atoms. The average Bonchev–Trinajstić information content (AvgIpc) is 2.17. The summed E-state index contributed by atoms with van der Waals surface area (Å²) in [6, 6.07) is 0.0982. The fourth-order valence-corrected chi connectivity index (χ4v) is 2.94. The van der Waals surface area contributed by atoms with Gasteiger partial charge in [-0.2, -0.15) is 0 Å². The van der Waals surface area contributed by atoms with Crippen molar-refractivity contribution in [2.24, 2.45) is 0 Å². The minimum atomic E-state index is -3.08. The predicted molar refractivity (Wildman–Crippen MR) is 66.0 cm³/mol. The summed E-state index contributed by atoms with van der Waals surface area (Å²) in [6.45, 7) is 5.95.